The molecule has 1 aliphatic heterocycles. The molecule has 2 atom stereocenters. The van der Waals surface area contributed by atoms with E-state index in [2.05, 4.69) is 39.1 Å². The molecule has 2 fully saturated rings. The minimum atomic E-state index is 0.0693. The fraction of sp³-hybridized carbons (Fsp3) is 0.474. The van der Waals surface area contributed by atoms with Crippen molar-refractivity contribution in [1.82, 2.24) is 19.8 Å². The zero-order valence-corrected chi connectivity index (χ0v) is 13.9. The van der Waals surface area contributed by atoms with Crippen LogP contribution in [0.15, 0.2) is 42.7 Å². The van der Waals surface area contributed by atoms with E-state index in [4.69, 9.17) is 0 Å². The van der Waals surface area contributed by atoms with Crippen LogP contribution in [0.3, 0.4) is 0 Å². The van der Waals surface area contributed by atoms with Crippen LogP contribution in [0.1, 0.15) is 30.7 Å². The van der Waals surface area contributed by atoms with Gasteiger partial charge in [-0.05, 0) is 37.2 Å². The van der Waals surface area contributed by atoms with Crippen LogP contribution in [0.5, 0.6) is 0 Å². The molecule has 0 spiro atoms. The molecule has 1 N–H and O–H groups in total. The summed E-state index contributed by atoms with van der Waals surface area (Å²) < 4.78 is 2.13. The second-order valence-electron chi connectivity index (χ2n) is 6.92. The summed E-state index contributed by atoms with van der Waals surface area (Å²) in [5, 5.41) is 3.05. The highest BCUT2D eigenvalue weighted by Crippen LogP contribution is 2.37. The second-order valence-corrected chi connectivity index (χ2v) is 6.92. The SMILES string of the molecule is O=C(NCc1nccn1CCc1ccccc1)N1CC2CCC1C2. The number of imidazole rings is 1. The van der Waals surface area contributed by atoms with Gasteiger partial charge in [0, 0.05) is 31.5 Å². The van der Waals surface area contributed by atoms with Gasteiger partial charge in [0.1, 0.15) is 5.82 Å². The van der Waals surface area contributed by atoms with Crippen molar-refractivity contribution in [2.75, 3.05) is 6.54 Å². The molecule has 5 heteroatoms. The van der Waals surface area contributed by atoms with E-state index in [0.717, 1.165) is 31.3 Å². The monoisotopic (exact) mass is 324 g/mol. The number of aromatic nitrogens is 2. The summed E-state index contributed by atoms with van der Waals surface area (Å²) in [6.45, 7) is 2.30. The number of likely N-dealkylation sites (tertiary alicyclic amines) is 1. The number of aryl methyl sites for hydroxylation is 2. The number of nitrogens with one attached hydrogen (secondary N) is 1. The van der Waals surface area contributed by atoms with E-state index in [1.807, 2.05) is 23.4 Å². The molecule has 126 valence electrons. The van der Waals surface area contributed by atoms with Gasteiger partial charge < -0.3 is 14.8 Å². The summed E-state index contributed by atoms with van der Waals surface area (Å²) in [4.78, 5) is 18.8. The predicted molar refractivity (Wildman–Crippen MR) is 92.4 cm³/mol. The topological polar surface area (TPSA) is 50.2 Å². The lowest BCUT2D eigenvalue weighted by molar-refractivity contribution is 0.180. The number of carbonyl (C=O) groups excluding carboxylic acids is 1. The lowest BCUT2D eigenvalue weighted by Gasteiger charge is -2.27. The van der Waals surface area contributed by atoms with Gasteiger partial charge in [-0.25, -0.2) is 9.78 Å². The van der Waals surface area contributed by atoms with Crippen molar-refractivity contribution < 1.29 is 4.79 Å². The molecule has 0 radical (unpaired) electrons. The Hall–Kier alpha value is -2.30. The Morgan fingerprint density at radius 2 is 2.12 bits per heavy atom. The Morgan fingerprint density at radius 1 is 1.25 bits per heavy atom. The van der Waals surface area contributed by atoms with Gasteiger partial charge in [-0.1, -0.05) is 30.3 Å². The van der Waals surface area contributed by atoms with Gasteiger partial charge in [-0.3, -0.25) is 0 Å². The largest absolute Gasteiger partial charge is 0.333 e. The summed E-state index contributed by atoms with van der Waals surface area (Å²) >= 11 is 0. The fourth-order valence-electron chi connectivity index (χ4n) is 4.03. The lowest BCUT2D eigenvalue weighted by atomic mass is 10.1. The highest BCUT2D eigenvalue weighted by molar-refractivity contribution is 5.75. The van der Waals surface area contributed by atoms with Gasteiger partial charge in [0.2, 0.25) is 0 Å². The molecule has 5 nitrogen and oxygen atoms in total. The third kappa shape index (κ3) is 3.16. The van der Waals surface area contributed by atoms with Crippen LogP contribution in [0, 0.1) is 5.92 Å². The zero-order chi connectivity index (χ0) is 16.4. The second kappa shape index (κ2) is 6.67. The maximum atomic E-state index is 12.4. The third-order valence-electron chi connectivity index (χ3n) is 5.35. The molecule has 1 aliphatic carbocycles. The molecule has 1 aromatic heterocycles. The molecule has 24 heavy (non-hydrogen) atoms. The average molecular weight is 324 g/mol. The maximum absolute atomic E-state index is 12.4. The van der Waals surface area contributed by atoms with Crippen LogP contribution in [-0.2, 0) is 19.5 Å². The van der Waals surface area contributed by atoms with Gasteiger partial charge in [0.05, 0.1) is 6.54 Å². The Morgan fingerprint density at radius 3 is 2.88 bits per heavy atom. The summed E-state index contributed by atoms with van der Waals surface area (Å²) in [6, 6.07) is 11.0. The quantitative estimate of drug-likeness (QED) is 0.919. The minimum absolute atomic E-state index is 0.0693. The summed E-state index contributed by atoms with van der Waals surface area (Å²) in [5.41, 5.74) is 1.31. The number of hydrogen-bond acceptors (Lipinski definition) is 2. The first-order valence-corrected chi connectivity index (χ1v) is 8.88. The average Bonchev–Trinajstić information content (AvgIpc) is 3.35. The number of carbonyl (C=O) groups is 1. The number of urea groups is 1. The molecule has 4 rings (SSSR count). The molecular formula is C19H24N4O. The Balaban J connectivity index is 1.31. The number of rotatable bonds is 5. The molecule has 1 aromatic carbocycles. The normalized spacial score (nSPS) is 22.1. The van der Waals surface area contributed by atoms with Gasteiger partial charge in [0.15, 0.2) is 0 Å². The maximum Gasteiger partial charge on any atom is 0.318 e. The number of nitrogens with zero attached hydrogens (tertiary/aromatic N) is 3. The molecule has 2 unspecified atom stereocenters. The van der Waals surface area contributed by atoms with E-state index < -0.39 is 0 Å². The summed E-state index contributed by atoms with van der Waals surface area (Å²) in [5.74, 6) is 1.65. The van der Waals surface area contributed by atoms with Gasteiger partial charge in [-0.15, -0.1) is 0 Å². The van der Waals surface area contributed by atoms with Crippen LogP contribution >= 0.6 is 0 Å². The third-order valence-corrected chi connectivity index (χ3v) is 5.35. The fourth-order valence-corrected chi connectivity index (χ4v) is 4.03. The minimum Gasteiger partial charge on any atom is -0.333 e. The van der Waals surface area contributed by atoms with Crippen molar-refractivity contribution >= 4 is 6.03 Å². The van der Waals surface area contributed by atoms with Crippen molar-refractivity contribution in [1.29, 1.82) is 0 Å². The van der Waals surface area contributed by atoms with Crippen molar-refractivity contribution in [3.8, 4) is 0 Å². The lowest BCUT2D eigenvalue weighted by Crippen LogP contribution is -2.44. The first-order chi connectivity index (χ1) is 11.8. The van der Waals surface area contributed by atoms with E-state index in [-0.39, 0.29) is 6.03 Å². The number of piperidine rings is 1. The standard InChI is InChI=1S/C19H24N4O/c24-19(23-14-16-6-7-17(23)12-16)21-13-18-20-9-11-22(18)10-8-15-4-2-1-3-5-15/h1-5,9,11,16-17H,6-8,10,12-14H2,(H,21,24). The molecule has 2 heterocycles. The van der Waals surface area contributed by atoms with Crippen molar-refractivity contribution in [3.05, 3.63) is 54.1 Å². The van der Waals surface area contributed by atoms with E-state index in [1.165, 1.54) is 24.8 Å². The first-order valence-electron chi connectivity index (χ1n) is 8.88. The Labute approximate surface area is 142 Å². The smallest absolute Gasteiger partial charge is 0.318 e. The van der Waals surface area contributed by atoms with Crippen molar-refractivity contribution in [2.24, 2.45) is 5.92 Å². The molecular weight excluding hydrogens is 300 g/mol. The molecule has 1 saturated carbocycles. The van der Waals surface area contributed by atoms with Gasteiger partial charge in [0.25, 0.3) is 0 Å². The van der Waals surface area contributed by atoms with Gasteiger partial charge >= 0.3 is 6.03 Å². The number of hydrogen-bond donors (Lipinski definition) is 1. The number of fused-ring (bicyclic) bond motifs is 2. The summed E-state index contributed by atoms with van der Waals surface area (Å²) in [6.07, 6.45) is 8.42. The van der Waals surface area contributed by atoms with Crippen LogP contribution in [0.4, 0.5) is 4.79 Å². The van der Waals surface area contributed by atoms with Crippen LogP contribution < -0.4 is 5.32 Å². The highest BCUT2D eigenvalue weighted by Gasteiger charge is 2.40. The molecule has 1 saturated heterocycles. The van der Waals surface area contributed by atoms with Crippen LogP contribution in [0.2, 0.25) is 0 Å². The van der Waals surface area contributed by atoms with E-state index >= 15 is 0 Å². The molecule has 2 aliphatic rings. The highest BCUT2D eigenvalue weighted by atomic mass is 16.2. The summed E-state index contributed by atoms with van der Waals surface area (Å²) in [7, 11) is 0. The van der Waals surface area contributed by atoms with Crippen LogP contribution in [0.25, 0.3) is 0 Å². The number of amides is 2. The van der Waals surface area contributed by atoms with E-state index in [0.29, 0.717) is 12.6 Å². The first kappa shape index (κ1) is 15.2. The Kier molecular flexibility index (Phi) is 4.24. The van der Waals surface area contributed by atoms with Gasteiger partial charge in [-0.2, -0.15) is 0 Å². The molecule has 2 bridgehead atoms. The zero-order valence-electron chi connectivity index (χ0n) is 13.9. The predicted octanol–water partition coefficient (Wildman–Crippen LogP) is 2.82. The van der Waals surface area contributed by atoms with Crippen molar-refractivity contribution in [3.63, 3.8) is 0 Å². The van der Waals surface area contributed by atoms with Crippen LogP contribution in [-0.4, -0.2) is 33.1 Å². The molecule has 2 amide bonds. The number of benzene rings is 1. The molecule has 2 aromatic rings. The van der Waals surface area contributed by atoms with Crippen molar-refractivity contribution in [2.45, 2.75) is 44.8 Å². The van der Waals surface area contributed by atoms with E-state index in [9.17, 15) is 4.79 Å². The Bertz CT molecular complexity index is 696. The van der Waals surface area contributed by atoms with E-state index in [1.54, 1.807) is 0 Å².